The number of halogens is 3. The molecule has 1 heterocycles. The molecular weight excluding hydrogens is 419 g/mol. The number of sulfonamides is 1. The van der Waals surface area contributed by atoms with Gasteiger partial charge in [0.15, 0.2) is 0 Å². The van der Waals surface area contributed by atoms with Crippen LogP contribution >= 0.6 is 0 Å². The van der Waals surface area contributed by atoms with E-state index in [-0.39, 0.29) is 10.8 Å². The number of likely N-dealkylation sites (tertiary alicyclic amines) is 1. The Balaban J connectivity index is 1.32. The highest BCUT2D eigenvalue weighted by atomic mass is 32.2. The summed E-state index contributed by atoms with van der Waals surface area (Å²) >= 11 is 0. The number of carbonyl (C=O) groups excluding carboxylic acids is 1. The molecule has 1 aliphatic heterocycles. The van der Waals surface area contributed by atoms with Gasteiger partial charge < -0.3 is 10.2 Å². The largest absolute Gasteiger partial charge is 0.416 e. The van der Waals surface area contributed by atoms with Gasteiger partial charge in [0.25, 0.3) is 5.91 Å². The lowest BCUT2D eigenvalue weighted by Crippen LogP contribution is -2.40. The summed E-state index contributed by atoms with van der Waals surface area (Å²) in [6, 6.07) is 4.42. The first-order chi connectivity index (χ1) is 14.1. The van der Waals surface area contributed by atoms with Crippen LogP contribution in [-0.4, -0.2) is 57.2 Å². The Morgan fingerprint density at radius 1 is 1.10 bits per heavy atom. The van der Waals surface area contributed by atoms with Gasteiger partial charge in [-0.05, 0) is 69.3 Å². The van der Waals surface area contributed by atoms with Crippen molar-refractivity contribution in [3.8, 4) is 0 Å². The average Bonchev–Trinajstić information content (AvgIpc) is 3.54. The van der Waals surface area contributed by atoms with Crippen LogP contribution in [0, 0.1) is 5.92 Å². The van der Waals surface area contributed by atoms with Crippen molar-refractivity contribution >= 4 is 15.9 Å². The Kier molecular flexibility index (Phi) is 7.41. The number of nitrogens with one attached hydrogen (secondary N) is 2. The maximum atomic E-state index is 12.8. The maximum Gasteiger partial charge on any atom is 0.416 e. The Morgan fingerprint density at radius 2 is 1.80 bits per heavy atom. The van der Waals surface area contributed by atoms with E-state index in [0.29, 0.717) is 25.6 Å². The van der Waals surface area contributed by atoms with Gasteiger partial charge in [-0.2, -0.15) is 13.2 Å². The van der Waals surface area contributed by atoms with Gasteiger partial charge in [-0.15, -0.1) is 0 Å². The van der Waals surface area contributed by atoms with Crippen LogP contribution < -0.4 is 10.0 Å². The zero-order valence-corrected chi connectivity index (χ0v) is 17.6. The monoisotopic (exact) mass is 447 g/mol. The third kappa shape index (κ3) is 6.68. The molecule has 1 aliphatic carbocycles. The number of piperidine rings is 1. The number of nitrogens with zero attached hydrogens (tertiary/aromatic N) is 1. The highest BCUT2D eigenvalue weighted by Gasteiger charge is 2.35. The van der Waals surface area contributed by atoms with Gasteiger partial charge in [-0.25, -0.2) is 13.1 Å². The van der Waals surface area contributed by atoms with Crippen molar-refractivity contribution in [3.63, 3.8) is 0 Å². The van der Waals surface area contributed by atoms with Gasteiger partial charge in [0.2, 0.25) is 10.0 Å². The lowest BCUT2D eigenvalue weighted by molar-refractivity contribution is -0.137. The molecule has 2 N–H and O–H groups in total. The number of rotatable bonds is 9. The van der Waals surface area contributed by atoms with Gasteiger partial charge in [0.1, 0.15) is 0 Å². The third-order valence-electron chi connectivity index (χ3n) is 5.69. The number of benzene rings is 1. The molecule has 2 fully saturated rings. The molecule has 1 aromatic carbocycles. The highest BCUT2D eigenvalue weighted by molar-refractivity contribution is 7.90. The summed E-state index contributed by atoms with van der Waals surface area (Å²) in [5, 5.41) is 2.51. The topological polar surface area (TPSA) is 78.5 Å². The molecule has 2 aliphatic rings. The molecular formula is C20H28F3N3O3S. The Morgan fingerprint density at radius 3 is 2.43 bits per heavy atom. The number of hydrogen-bond acceptors (Lipinski definition) is 4. The maximum absolute atomic E-state index is 12.8. The van der Waals surface area contributed by atoms with Crippen LogP contribution in [0.15, 0.2) is 24.3 Å². The number of carbonyl (C=O) groups is 1. The molecule has 30 heavy (non-hydrogen) atoms. The Bertz CT molecular complexity index is 833. The molecule has 0 aromatic heterocycles. The molecule has 1 saturated carbocycles. The average molecular weight is 448 g/mol. The van der Waals surface area contributed by atoms with Crippen molar-refractivity contribution in [1.82, 2.24) is 14.9 Å². The highest BCUT2D eigenvalue weighted by Crippen LogP contribution is 2.29. The molecule has 6 nitrogen and oxygen atoms in total. The summed E-state index contributed by atoms with van der Waals surface area (Å²) in [5.41, 5.74) is -0.824. The minimum Gasteiger partial charge on any atom is -0.352 e. The molecule has 0 bridgehead atoms. The van der Waals surface area contributed by atoms with E-state index in [2.05, 4.69) is 14.9 Å². The second-order valence-electron chi connectivity index (χ2n) is 8.05. The van der Waals surface area contributed by atoms with Gasteiger partial charge in [-0.1, -0.05) is 6.07 Å². The predicted molar refractivity (Wildman–Crippen MR) is 108 cm³/mol. The number of hydrogen-bond donors (Lipinski definition) is 2. The zero-order valence-electron chi connectivity index (χ0n) is 16.7. The van der Waals surface area contributed by atoms with Crippen molar-refractivity contribution in [2.24, 2.45) is 5.92 Å². The van der Waals surface area contributed by atoms with E-state index in [1.54, 1.807) is 0 Å². The van der Waals surface area contributed by atoms with E-state index in [9.17, 15) is 26.4 Å². The van der Waals surface area contributed by atoms with Crippen LogP contribution in [0.25, 0.3) is 0 Å². The van der Waals surface area contributed by atoms with Crippen molar-refractivity contribution in [2.75, 3.05) is 32.7 Å². The first-order valence-corrected chi connectivity index (χ1v) is 11.9. The molecule has 1 saturated heterocycles. The summed E-state index contributed by atoms with van der Waals surface area (Å²) in [6.07, 6.45) is -0.283. The molecule has 0 unspecified atom stereocenters. The Labute approximate surface area is 175 Å². The fourth-order valence-corrected chi connectivity index (χ4v) is 5.04. The van der Waals surface area contributed by atoms with Crippen LogP contribution in [-0.2, 0) is 16.2 Å². The summed E-state index contributed by atoms with van der Waals surface area (Å²) in [7, 11) is -3.13. The van der Waals surface area contributed by atoms with Crippen LogP contribution in [0.5, 0.6) is 0 Å². The third-order valence-corrected chi connectivity index (χ3v) is 7.65. The molecule has 3 rings (SSSR count). The molecule has 0 radical (unpaired) electrons. The van der Waals surface area contributed by atoms with Gasteiger partial charge in [0.05, 0.1) is 10.8 Å². The minimum absolute atomic E-state index is 0.00768. The van der Waals surface area contributed by atoms with Crippen molar-refractivity contribution in [3.05, 3.63) is 35.4 Å². The second kappa shape index (κ2) is 9.65. The molecule has 0 spiro atoms. The number of alkyl halides is 3. The molecule has 10 heteroatoms. The van der Waals surface area contributed by atoms with Gasteiger partial charge >= 0.3 is 6.18 Å². The quantitative estimate of drug-likeness (QED) is 0.610. The first-order valence-electron chi connectivity index (χ1n) is 10.3. The predicted octanol–water partition coefficient (Wildman–Crippen LogP) is 2.62. The van der Waals surface area contributed by atoms with Crippen molar-refractivity contribution in [1.29, 1.82) is 0 Å². The molecule has 0 atom stereocenters. The van der Waals surface area contributed by atoms with Crippen molar-refractivity contribution < 1.29 is 26.4 Å². The SMILES string of the molecule is O=C(NCCC1CCN(CCNS(=O)(=O)C2CC2)CC1)c1cccc(C(F)(F)F)c1. The standard InChI is InChI=1S/C20H28F3N3O3S/c21-20(22,23)17-3-1-2-16(14-17)19(27)24-9-6-15-7-11-26(12-8-15)13-10-25-30(28,29)18-4-5-18/h1-3,14-15,18,25H,4-13H2,(H,24,27). The number of amides is 1. The van der Waals surface area contributed by atoms with E-state index < -0.39 is 27.7 Å². The first kappa shape index (κ1) is 23.0. The smallest absolute Gasteiger partial charge is 0.352 e. The Hall–Kier alpha value is -1.65. The molecule has 1 amide bonds. The summed E-state index contributed by atoms with van der Waals surface area (Å²) in [5.74, 6) is -0.0623. The molecule has 168 valence electrons. The lowest BCUT2D eigenvalue weighted by Gasteiger charge is -2.32. The van der Waals surface area contributed by atoms with E-state index in [1.165, 1.54) is 12.1 Å². The van der Waals surface area contributed by atoms with E-state index in [0.717, 1.165) is 57.3 Å². The minimum atomic E-state index is -4.47. The van der Waals surface area contributed by atoms with E-state index >= 15 is 0 Å². The van der Waals surface area contributed by atoms with E-state index in [1.807, 2.05) is 0 Å². The fraction of sp³-hybridized carbons (Fsp3) is 0.650. The fourth-order valence-electron chi connectivity index (χ4n) is 3.67. The summed E-state index contributed by atoms with van der Waals surface area (Å²) in [6.45, 7) is 3.28. The van der Waals surface area contributed by atoms with Gasteiger partial charge in [-0.3, -0.25) is 4.79 Å². The van der Waals surface area contributed by atoms with E-state index in [4.69, 9.17) is 0 Å². The second-order valence-corrected chi connectivity index (χ2v) is 10.1. The zero-order chi connectivity index (χ0) is 21.8. The summed E-state index contributed by atoms with van der Waals surface area (Å²) in [4.78, 5) is 14.4. The molecule has 1 aromatic rings. The lowest BCUT2D eigenvalue weighted by atomic mass is 9.93. The van der Waals surface area contributed by atoms with Crippen molar-refractivity contribution in [2.45, 2.75) is 43.5 Å². The van der Waals surface area contributed by atoms with Crippen LogP contribution in [0.1, 0.15) is 48.0 Å². The summed E-state index contributed by atoms with van der Waals surface area (Å²) < 4.78 is 64.6. The van der Waals surface area contributed by atoms with Crippen LogP contribution in [0.3, 0.4) is 0 Å². The van der Waals surface area contributed by atoms with Crippen LogP contribution in [0.2, 0.25) is 0 Å². The van der Waals surface area contributed by atoms with Gasteiger partial charge in [0, 0.05) is 25.2 Å². The van der Waals surface area contributed by atoms with Crippen LogP contribution in [0.4, 0.5) is 13.2 Å². The normalized spacial score (nSPS) is 19.0.